The average molecular weight is 455 g/mol. The lowest BCUT2D eigenvalue weighted by atomic mass is 9.97. The Bertz CT molecular complexity index is 1140. The molecule has 2 aliphatic rings. The Hall–Kier alpha value is -3.07. The van der Waals surface area contributed by atoms with E-state index in [0.29, 0.717) is 19.1 Å². The number of carbonyl (C=O) groups is 1. The molecule has 5 rings (SSSR count). The smallest absolute Gasteiger partial charge is 0.309 e. The highest BCUT2D eigenvalue weighted by atomic mass is 32.1. The van der Waals surface area contributed by atoms with Gasteiger partial charge in [-0.3, -0.25) is 4.79 Å². The Morgan fingerprint density at radius 2 is 2.03 bits per heavy atom. The number of rotatable bonds is 6. The maximum atomic E-state index is 12.1. The van der Waals surface area contributed by atoms with E-state index in [0.717, 1.165) is 59.0 Å². The first kappa shape index (κ1) is 20.8. The molecule has 0 saturated carbocycles. The number of hydrogen-bond donors (Lipinski definition) is 1. The summed E-state index contributed by atoms with van der Waals surface area (Å²) in [4.78, 5) is 26.1. The van der Waals surface area contributed by atoms with Crippen molar-refractivity contribution in [3.63, 3.8) is 0 Å². The van der Waals surface area contributed by atoms with E-state index in [1.54, 1.807) is 11.3 Å². The summed E-state index contributed by atoms with van der Waals surface area (Å²) in [7, 11) is 0. The van der Waals surface area contributed by atoms with E-state index < -0.39 is 0 Å². The first-order valence-corrected chi connectivity index (χ1v) is 11.7. The first-order chi connectivity index (χ1) is 15.6. The quantitative estimate of drug-likeness (QED) is 0.557. The summed E-state index contributed by atoms with van der Waals surface area (Å²) in [6, 6.07) is 8.08. The molecule has 0 radical (unpaired) electrons. The van der Waals surface area contributed by atoms with E-state index in [1.807, 2.05) is 25.1 Å². The van der Waals surface area contributed by atoms with Crippen LogP contribution in [0.1, 0.15) is 30.2 Å². The van der Waals surface area contributed by atoms with Gasteiger partial charge in [0.25, 0.3) is 0 Å². The van der Waals surface area contributed by atoms with Gasteiger partial charge >= 0.3 is 5.97 Å². The van der Waals surface area contributed by atoms with Gasteiger partial charge in [0.15, 0.2) is 11.5 Å². The zero-order valence-corrected chi connectivity index (χ0v) is 19.0. The molecule has 0 unspecified atom stereocenters. The third kappa shape index (κ3) is 4.17. The Labute approximate surface area is 190 Å². The number of esters is 1. The fourth-order valence-electron chi connectivity index (χ4n) is 4.12. The lowest BCUT2D eigenvalue weighted by Gasteiger charge is -2.31. The first-order valence-electron chi connectivity index (χ1n) is 10.9. The number of aryl methyl sites for hydroxylation is 1. The molecule has 2 aromatic heterocycles. The van der Waals surface area contributed by atoms with Crippen LogP contribution in [0.25, 0.3) is 10.2 Å². The average Bonchev–Trinajstić information content (AvgIpc) is 3.42. The van der Waals surface area contributed by atoms with Crippen molar-refractivity contribution in [2.24, 2.45) is 5.92 Å². The number of nitrogens with zero attached hydrogens (tertiary/aromatic N) is 3. The van der Waals surface area contributed by atoms with Crippen LogP contribution in [-0.4, -0.2) is 42.4 Å². The Morgan fingerprint density at radius 1 is 1.22 bits per heavy atom. The van der Waals surface area contributed by atoms with Gasteiger partial charge < -0.3 is 24.4 Å². The summed E-state index contributed by atoms with van der Waals surface area (Å²) in [5, 5.41) is 4.52. The molecule has 2 aliphatic heterocycles. The molecular formula is C23H26N4O4S. The van der Waals surface area contributed by atoms with Crippen LogP contribution in [0.5, 0.6) is 11.5 Å². The van der Waals surface area contributed by atoms with Crippen molar-refractivity contribution in [3.05, 3.63) is 34.7 Å². The summed E-state index contributed by atoms with van der Waals surface area (Å²) < 4.78 is 16.1. The molecule has 0 atom stereocenters. The van der Waals surface area contributed by atoms with Crippen LogP contribution in [0.15, 0.2) is 24.3 Å². The SMILES string of the molecule is CCOC(=O)C1CCN(c2nc(NCc3ccc4c(c3)OCO4)c3cc(C)sc3n2)CC1. The largest absolute Gasteiger partial charge is 0.466 e. The van der Waals surface area contributed by atoms with Crippen molar-refractivity contribution in [1.29, 1.82) is 0 Å². The van der Waals surface area contributed by atoms with Gasteiger partial charge in [0.2, 0.25) is 12.7 Å². The molecule has 32 heavy (non-hydrogen) atoms. The second-order valence-electron chi connectivity index (χ2n) is 8.00. The maximum Gasteiger partial charge on any atom is 0.309 e. The van der Waals surface area contributed by atoms with Gasteiger partial charge in [0.1, 0.15) is 10.6 Å². The number of hydrogen-bond acceptors (Lipinski definition) is 9. The highest BCUT2D eigenvalue weighted by Gasteiger charge is 2.27. The maximum absolute atomic E-state index is 12.1. The van der Waals surface area contributed by atoms with Crippen LogP contribution in [0.4, 0.5) is 11.8 Å². The topological polar surface area (TPSA) is 85.8 Å². The van der Waals surface area contributed by atoms with Gasteiger partial charge in [-0.2, -0.15) is 4.98 Å². The third-order valence-corrected chi connectivity index (χ3v) is 6.74. The van der Waals surface area contributed by atoms with Crippen molar-refractivity contribution >= 4 is 39.3 Å². The predicted molar refractivity (Wildman–Crippen MR) is 124 cm³/mol. The highest BCUT2D eigenvalue weighted by Crippen LogP contribution is 2.34. The van der Waals surface area contributed by atoms with Gasteiger partial charge in [0.05, 0.1) is 17.9 Å². The minimum atomic E-state index is -0.0940. The summed E-state index contributed by atoms with van der Waals surface area (Å²) in [5.41, 5.74) is 1.09. The van der Waals surface area contributed by atoms with Crippen LogP contribution >= 0.6 is 11.3 Å². The van der Waals surface area contributed by atoms with E-state index in [-0.39, 0.29) is 18.7 Å². The molecule has 0 spiro atoms. The van der Waals surface area contributed by atoms with Gasteiger partial charge in [0, 0.05) is 24.5 Å². The normalized spacial score (nSPS) is 15.9. The highest BCUT2D eigenvalue weighted by molar-refractivity contribution is 7.18. The molecule has 0 amide bonds. The molecule has 1 N–H and O–H groups in total. The van der Waals surface area contributed by atoms with Crippen molar-refractivity contribution in [3.8, 4) is 11.5 Å². The molecule has 4 heterocycles. The van der Waals surface area contributed by atoms with Gasteiger partial charge in [-0.05, 0) is 50.5 Å². The summed E-state index contributed by atoms with van der Waals surface area (Å²) in [6.45, 7) is 6.71. The molecule has 1 saturated heterocycles. The van der Waals surface area contributed by atoms with Crippen LogP contribution in [0, 0.1) is 12.8 Å². The number of ether oxygens (including phenoxy) is 3. The minimum absolute atomic E-state index is 0.0393. The number of nitrogens with one attached hydrogen (secondary N) is 1. The molecule has 0 bridgehead atoms. The number of piperidine rings is 1. The van der Waals surface area contributed by atoms with Crippen molar-refractivity contribution in [2.75, 3.05) is 36.7 Å². The molecule has 168 valence electrons. The number of aromatic nitrogens is 2. The lowest BCUT2D eigenvalue weighted by Crippen LogP contribution is -2.38. The fraction of sp³-hybridized carbons (Fsp3) is 0.435. The number of anilines is 2. The van der Waals surface area contributed by atoms with Gasteiger partial charge in [-0.1, -0.05) is 6.07 Å². The zero-order chi connectivity index (χ0) is 22.1. The Balaban J connectivity index is 1.34. The van der Waals surface area contributed by atoms with E-state index in [9.17, 15) is 4.79 Å². The van der Waals surface area contributed by atoms with E-state index in [1.165, 1.54) is 4.88 Å². The minimum Gasteiger partial charge on any atom is -0.466 e. The molecule has 1 fully saturated rings. The van der Waals surface area contributed by atoms with Crippen LogP contribution < -0.4 is 19.7 Å². The van der Waals surface area contributed by atoms with E-state index >= 15 is 0 Å². The second-order valence-corrected chi connectivity index (χ2v) is 9.24. The molecule has 9 heteroatoms. The van der Waals surface area contributed by atoms with Crippen LogP contribution in [-0.2, 0) is 16.1 Å². The van der Waals surface area contributed by atoms with Crippen molar-refractivity contribution in [2.45, 2.75) is 33.2 Å². The van der Waals surface area contributed by atoms with Crippen molar-refractivity contribution in [1.82, 2.24) is 9.97 Å². The van der Waals surface area contributed by atoms with Gasteiger partial charge in [-0.15, -0.1) is 11.3 Å². The summed E-state index contributed by atoms with van der Waals surface area (Å²) in [6.07, 6.45) is 1.51. The predicted octanol–water partition coefficient (Wildman–Crippen LogP) is 4.12. The molecule has 3 aromatic rings. The van der Waals surface area contributed by atoms with Gasteiger partial charge in [-0.25, -0.2) is 4.98 Å². The zero-order valence-electron chi connectivity index (χ0n) is 18.2. The molecule has 8 nitrogen and oxygen atoms in total. The Morgan fingerprint density at radius 3 is 2.84 bits per heavy atom. The standard InChI is InChI=1S/C23H26N4O4S/c1-3-29-22(28)16-6-8-27(9-7-16)23-25-20(17-10-14(2)32-21(17)26-23)24-12-15-4-5-18-19(11-15)31-13-30-18/h4-5,10-11,16H,3,6-9,12-13H2,1-2H3,(H,24,25,26). The number of thiophene rings is 1. The summed E-state index contributed by atoms with van der Waals surface area (Å²) >= 11 is 1.67. The lowest BCUT2D eigenvalue weighted by molar-refractivity contribution is -0.148. The van der Waals surface area contributed by atoms with Crippen LogP contribution in [0.3, 0.4) is 0 Å². The van der Waals surface area contributed by atoms with Crippen molar-refractivity contribution < 1.29 is 19.0 Å². The summed E-state index contributed by atoms with van der Waals surface area (Å²) in [5.74, 6) is 2.94. The third-order valence-electron chi connectivity index (χ3n) is 5.80. The number of benzene rings is 1. The monoisotopic (exact) mass is 454 g/mol. The van der Waals surface area contributed by atoms with E-state index in [2.05, 4.69) is 23.2 Å². The van der Waals surface area contributed by atoms with Crippen LogP contribution in [0.2, 0.25) is 0 Å². The Kier molecular flexibility index (Phi) is 5.73. The second kappa shape index (κ2) is 8.82. The fourth-order valence-corrected chi connectivity index (χ4v) is 4.99. The molecule has 1 aromatic carbocycles. The van der Waals surface area contributed by atoms with E-state index in [4.69, 9.17) is 24.2 Å². The number of fused-ring (bicyclic) bond motifs is 2. The number of carbonyl (C=O) groups excluding carboxylic acids is 1. The molecular weight excluding hydrogens is 428 g/mol. The molecule has 0 aliphatic carbocycles.